The van der Waals surface area contributed by atoms with Gasteiger partial charge in [0.25, 0.3) is 0 Å². The summed E-state index contributed by atoms with van der Waals surface area (Å²) >= 11 is 0. The lowest BCUT2D eigenvalue weighted by atomic mass is 9.94. The quantitative estimate of drug-likeness (QED) is 0.729. The highest BCUT2D eigenvalue weighted by molar-refractivity contribution is 5.82. The van der Waals surface area contributed by atoms with Gasteiger partial charge in [-0.2, -0.15) is 0 Å². The minimum Gasteiger partial charge on any atom is -0.341 e. The van der Waals surface area contributed by atoms with Gasteiger partial charge in [-0.25, -0.2) is 9.82 Å². The average molecular weight is 361 g/mol. The highest BCUT2D eigenvalue weighted by Gasteiger charge is 2.34. The molecule has 3 N–H and O–H groups in total. The van der Waals surface area contributed by atoms with Crippen LogP contribution in [0.4, 0.5) is 4.39 Å². The minimum atomic E-state index is -0.207. The van der Waals surface area contributed by atoms with Gasteiger partial charge in [0, 0.05) is 51.7 Å². The number of nitrogens with zero attached hydrogens (tertiary/aromatic N) is 2. The molecule has 3 atom stereocenters. The number of carbonyl (C=O) groups is 1. The van der Waals surface area contributed by atoms with Gasteiger partial charge in [0.15, 0.2) is 0 Å². The highest BCUT2D eigenvalue weighted by Crippen LogP contribution is 2.26. The van der Waals surface area contributed by atoms with Gasteiger partial charge in [-0.3, -0.25) is 15.1 Å². The van der Waals surface area contributed by atoms with E-state index in [2.05, 4.69) is 21.1 Å². The number of amides is 1. The minimum absolute atomic E-state index is 0.0894. The number of carbonyl (C=O) groups excluding carboxylic acids is 1. The van der Waals surface area contributed by atoms with Crippen molar-refractivity contribution in [3.8, 4) is 0 Å². The smallest absolute Gasteiger partial charge is 0.241 e. The normalized spacial score (nSPS) is 30.0. The lowest BCUT2D eigenvalue weighted by Crippen LogP contribution is -2.58. The van der Waals surface area contributed by atoms with Crippen LogP contribution in [0.3, 0.4) is 0 Å². The first-order valence-electron chi connectivity index (χ1n) is 9.69. The molecule has 142 valence electrons. The standard InChI is InChI=1S/C19H28FN5O/c20-16-5-3-14(4-6-16)18-15(11-22-23-18)12-24-10-7-21-17(13-24)19(26)25-8-1-2-9-25/h3-6,15,17-18,21-23H,1-2,7-13H2. The Morgan fingerprint density at radius 3 is 2.69 bits per heavy atom. The molecule has 3 aliphatic heterocycles. The SMILES string of the molecule is O=C(C1CN(CC2CNNC2c2ccc(F)cc2)CCN1)N1CCCC1. The van der Waals surface area contributed by atoms with E-state index in [4.69, 9.17) is 0 Å². The van der Waals surface area contributed by atoms with Crippen LogP contribution < -0.4 is 16.2 Å². The number of hydrazine groups is 1. The largest absolute Gasteiger partial charge is 0.341 e. The van der Waals surface area contributed by atoms with E-state index in [9.17, 15) is 9.18 Å². The maximum absolute atomic E-state index is 13.2. The maximum atomic E-state index is 13.2. The predicted octanol–water partition coefficient (Wildman–Crippen LogP) is 0.487. The Kier molecular flexibility index (Phi) is 5.49. The molecule has 0 spiro atoms. The highest BCUT2D eigenvalue weighted by atomic mass is 19.1. The van der Waals surface area contributed by atoms with E-state index in [-0.39, 0.29) is 23.8 Å². The first-order valence-corrected chi connectivity index (χ1v) is 9.69. The fourth-order valence-electron chi connectivity index (χ4n) is 4.36. The van der Waals surface area contributed by atoms with Crippen molar-refractivity contribution in [3.05, 3.63) is 35.6 Å². The fourth-order valence-corrected chi connectivity index (χ4v) is 4.36. The zero-order valence-electron chi connectivity index (χ0n) is 15.1. The Morgan fingerprint density at radius 1 is 1.15 bits per heavy atom. The van der Waals surface area contributed by atoms with Gasteiger partial charge in [0.1, 0.15) is 5.82 Å². The van der Waals surface area contributed by atoms with Gasteiger partial charge in [0.05, 0.1) is 12.1 Å². The van der Waals surface area contributed by atoms with E-state index in [0.29, 0.717) is 5.92 Å². The van der Waals surface area contributed by atoms with Gasteiger partial charge in [-0.1, -0.05) is 12.1 Å². The lowest BCUT2D eigenvalue weighted by Gasteiger charge is -2.36. The van der Waals surface area contributed by atoms with Crippen LogP contribution in [-0.2, 0) is 4.79 Å². The second-order valence-electron chi connectivity index (χ2n) is 7.61. The molecule has 3 aliphatic rings. The van der Waals surface area contributed by atoms with E-state index >= 15 is 0 Å². The van der Waals surface area contributed by atoms with Crippen molar-refractivity contribution >= 4 is 5.91 Å². The van der Waals surface area contributed by atoms with Crippen LogP contribution in [0.15, 0.2) is 24.3 Å². The van der Waals surface area contributed by atoms with Crippen LogP contribution >= 0.6 is 0 Å². The van der Waals surface area contributed by atoms with E-state index in [0.717, 1.165) is 64.2 Å². The van der Waals surface area contributed by atoms with Crippen molar-refractivity contribution < 1.29 is 9.18 Å². The third kappa shape index (κ3) is 3.91. The van der Waals surface area contributed by atoms with E-state index in [1.54, 1.807) is 0 Å². The van der Waals surface area contributed by atoms with Crippen LogP contribution in [0.2, 0.25) is 0 Å². The average Bonchev–Trinajstić information content (AvgIpc) is 3.34. The zero-order chi connectivity index (χ0) is 17.9. The van der Waals surface area contributed by atoms with Crippen LogP contribution in [0.1, 0.15) is 24.4 Å². The van der Waals surface area contributed by atoms with Crippen LogP contribution in [0, 0.1) is 11.7 Å². The van der Waals surface area contributed by atoms with Crippen molar-refractivity contribution in [1.82, 2.24) is 26.0 Å². The number of nitrogens with one attached hydrogen (secondary N) is 3. The Balaban J connectivity index is 1.36. The molecule has 3 saturated heterocycles. The third-order valence-corrected chi connectivity index (χ3v) is 5.79. The van der Waals surface area contributed by atoms with E-state index in [1.165, 1.54) is 12.1 Å². The molecule has 0 radical (unpaired) electrons. The van der Waals surface area contributed by atoms with Crippen LogP contribution in [0.25, 0.3) is 0 Å². The van der Waals surface area contributed by atoms with Crippen molar-refractivity contribution in [2.24, 2.45) is 5.92 Å². The molecule has 0 saturated carbocycles. The topological polar surface area (TPSA) is 59.6 Å². The molecule has 1 aromatic rings. The second kappa shape index (κ2) is 8.00. The van der Waals surface area contributed by atoms with Crippen LogP contribution in [0.5, 0.6) is 0 Å². The predicted molar refractivity (Wildman–Crippen MR) is 97.8 cm³/mol. The Labute approximate surface area is 154 Å². The number of hydrogen-bond donors (Lipinski definition) is 3. The second-order valence-corrected chi connectivity index (χ2v) is 7.61. The number of halogens is 1. The van der Waals surface area contributed by atoms with E-state index < -0.39 is 0 Å². The summed E-state index contributed by atoms with van der Waals surface area (Å²) < 4.78 is 13.2. The van der Waals surface area contributed by atoms with Crippen molar-refractivity contribution in [1.29, 1.82) is 0 Å². The molecule has 26 heavy (non-hydrogen) atoms. The summed E-state index contributed by atoms with van der Waals surface area (Å²) in [5.41, 5.74) is 7.66. The molecule has 0 bridgehead atoms. The molecular formula is C19H28FN5O. The number of piperazine rings is 1. The lowest BCUT2D eigenvalue weighted by molar-refractivity contribution is -0.133. The van der Waals surface area contributed by atoms with Crippen LogP contribution in [-0.4, -0.2) is 67.6 Å². The molecule has 1 aromatic carbocycles. The molecular weight excluding hydrogens is 333 g/mol. The first-order chi connectivity index (χ1) is 12.7. The zero-order valence-corrected chi connectivity index (χ0v) is 15.1. The first kappa shape index (κ1) is 17.9. The Hall–Kier alpha value is -1.54. The van der Waals surface area contributed by atoms with Crippen molar-refractivity contribution in [2.45, 2.75) is 24.9 Å². The van der Waals surface area contributed by atoms with Crippen molar-refractivity contribution in [2.75, 3.05) is 45.8 Å². The fraction of sp³-hybridized carbons (Fsp3) is 0.632. The summed E-state index contributed by atoms with van der Waals surface area (Å²) in [4.78, 5) is 17.1. The van der Waals surface area contributed by atoms with Gasteiger partial charge in [0.2, 0.25) is 5.91 Å². The van der Waals surface area contributed by atoms with Gasteiger partial charge in [-0.15, -0.1) is 0 Å². The molecule has 0 aliphatic carbocycles. The summed E-state index contributed by atoms with van der Waals surface area (Å²) in [6.45, 7) is 6.17. The molecule has 3 fully saturated rings. The van der Waals surface area contributed by atoms with Crippen molar-refractivity contribution in [3.63, 3.8) is 0 Å². The molecule has 0 aromatic heterocycles. The summed E-state index contributed by atoms with van der Waals surface area (Å²) in [5.74, 6) is 0.438. The molecule has 4 rings (SSSR count). The van der Waals surface area contributed by atoms with Gasteiger partial charge < -0.3 is 10.2 Å². The van der Waals surface area contributed by atoms with Gasteiger partial charge in [-0.05, 0) is 30.5 Å². The van der Waals surface area contributed by atoms with Gasteiger partial charge >= 0.3 is 0 Å². The number of rotatable bonds is 4. The Morgan fingerprint density at radius 2 is 1.92 bits per heavy atom. The monoisotopic (exact) mass is 361 g/mol. The molecule has 7 heteroatoms. The maximum Gasteiger partial charge on any atom is 0.241 e. The number of likely N-dealkylation sites (tertiary alicyclic amines) is 1. The molecule has 3 unspecified atom stereocenters. The summed E-state index contributed by atoms with van der Waals surface area (Å²) in [5, 5.41) is 3.39. The summed E-state index contributed by atoms with van der Waals surface area (Å²) in [6, 6.07) is 6.81. The Bertz CT molecular complexity index is 619. The van der Waals surface area contributed by atoms with E-state index in [1.807, 2.05) is 17.0 Å². The molecule has 3 heterocycles. The number of hydrogen-bond acceptors (Lipinski definition) is 5. The molecule has 6 nitrogen and oxygen atoms in total. The molecule has 1 amide bonds. The summed E-state index contributed by atoms with van der Waals surface area (Å²) in [6.07, 6.45) is 2.25. The third-order valence-electron chi connectivity index (χ3n) is 5.79. The summed E-state index contributed by atoms with van der Waals surface area (Å²) in [7, 11) is 0. The number of benzene rings is 1.